The molecule has 4 heterocycles. The maximum absolute atomic E-state index is 16.2. The molecule has 2 aromatic heterocycles. The van der Waals surface area contributed by atoms with Gasteiger partial charge in [0.25, 0.3) is 6.64 Å². The zero-order valence-electron chi connectivity index (χ0n) is 19.2. The predicted octanol–water partition coefficient (Wildman–Crippen LogP) is 2.37. The first-order valence-corrected chi connectivity index (χ1v) is 13.2. The van der Waals surface area contributed by atoms with Crippen molar-refractivity contribution in [1.29, 1.82) is 0 Å². The summed E-state index contributed by atoms with van der Waals surface area (Å²) in [6, 6.07) is -0.781. The maximum atomic E-state index is 16.2. The largest absolute Gasteiger partial charge is 0.462 e. The SMILES string of the molecule is CNc1nc(C)nc2c1ncn2[C@@H]1O[C@@H]2COP(=S)(N[C@@H](C)C(=O)OC(C)C)O[C@H]2[C@@]1(C)F. The van der Waals surface area contributed by atoms with Crippen molar-refractivity contribution in [2.24, 2.45) is 0 Å². The van der Waals surface area contributed by atoms with E-state index in [9.17, 15) is 4.79 Å². The molecular weight excluding hydrogens is 474 g/mol. The van der Waals surface area contributed by atoms with Crippen LogP contribution in [0.2, 0.25) is 0 Å². The molecule has 33 heavy (non-hydrogen) atoms. The number of alkyl halides is 1. The van der Waals surface area contributed by atoms with E-state index in [2.05, 4.69) is 25.4 Å². The number of halogens is 1. The molecule has 0 aromatic carbocycles. The fourth-order valence-electron chi connectivity index (χ4n) is 3.92. The molecule has 2 aliphatic rings. The van der Waals surface area contributed by atoms with Crippen LogP contribution in [-0.2, 0) is 35.1 Å². The summed E-state index contributed by atoms with van der Waals surface area (Å²) in [4.78, 5) is 25.3. The number of nitrogens with one attached hydrogen (secondary N) is 2. The van der Waals surface area contributed by atoms with Crippen LogP contribution < -0.4 is 10.4 Å². The number of rotatable bonds is 6. The molecule has 11 nitrogen and oxygen atoms in total. The van der Waals surface area contributed by atoms with Crippen LogP contribution >= 0.6 is 6.64 Å². The van der Waals surface area contributed by atoms with Gasteiger partial charge in [-0.15, -0.1) is 0 Å². The Hall–Kier alpha value is -1.76. The van der Waals surface area contributed by atoms with E-state index in [1.165, 1.54) is 17.8 Å². The highest BCUT2D eigenvalue weighted by Crippen LogP contribution is 2.57. The highest BCUT2D eigenvalue weighted by Gasteiger charge is 2.60. The third-order valence-electron chi connectivity index (χ3n) is 5.42. The summed E-state index contributed by atoms with van der Waals surface area (Å²) in [6.45, 7) is 5.05. The molecule has 6 atom stereocenters. The number of nitrogens with zero attached hydrogens (tertiary/aromatic N) is 4. The summed E-state index contributed by atoms with van der Waals surface area (Å²) in [5, 5.41) is 5.86. The first-order valence-electron chi connectivity index (χ1n) is 10.6. The van der Waals surface area contributed by atoms with Crippen LogP contribution in [0.5, 0.6) is 0 Å². The monoisotopic (exact) mass is 502 g/mol. The second-order valence-corrected chi connectivity index (χ2v) is 11.7. The van der Waals surface area contributed by atoms with Crippen LogP contribution in [0.3, 0.4) is 0 Å². The van der Waals surface area contributed by atoms with Crippen LogP contribution in [0.1, 0.15) is 39.7 Å². The van der Waals surface area contributed by atoms with E-state index in [0.29, 0.717) is 22.8 Å². The standard InChI is InChI=1S/C19H28FN6O5PS/c1-9(2)29-17(27)10(3)25-32(33)28-7-12-14(31-32)19(5,20)18(30-12)26-8-22-13-15(21-6)23-11(4)24-16(13)26/h8-10,12,14,18H,7H2,1-6H3,(H,25,33)(H,21,23,24)/t10-,12+,14+,18+,19+,32?/m0/s1. The van der Waals surface area contributed by atoms with Gasteiger partial charge in [0.05, 0.1) is 19.0 Å². The average molecular weight is 503 g/mol. The normalized spacial score (nSPS) is 32.7. The Morgan fingerprint density at radius 2 is 2.15 bits per heavy atom. The second-order valence-electron chi connectivity index (χ2n) is 8.53. The van der Waals surface area contributed by atoms with Crippen molar-refractivity contribution in [3.8, 4) is 0 Å². The lowest BCUT2D eigenvalue weighted by molar-refractivity contribution is -0.149. The molecule has 0 radical (unpaired) electrons. The second kappa shape index (κ2) is 8.79. The van der Waals surface area contributed by atoms with Crippen LogP contribution in [0, 0.1) is 6.92 Å². The summed E-state index contributed by atoms with van der Waals surface area (Å²) >= 11 is 5.53. The fourth-order valence-corrected chi connectivity index (χ4v) is 6.62. The third kappa shape index (κ3) is 4.50. The minimum Gasteiger partial charge on any atom is -0.462 e. The lowest BCUT2D eigenvalue weighted by Gasteiger charge is -2.37. The predicted molar refractivity (Wildman–Crippen MR) is 122 cm³/mol. The molecule has 4 rings (SSSR count). The van der Waals surface area contributed by atoms with Gasteiger partial charge >= 0.3 is 5.97 Å². The van der Waals surface area contributed by atoms with Gasteiger partial charge in [0, 0.05) is 7.05 Å². The van der Waals surface area contributed by atoms with Crippen molar-refractivity contribution >= 4 is 41.4 Å². The average Bonchev–Trinajstić information content (AvgIpc) is 3.24. The molecular formula is C19H28FN6O5PS. The smallest absolute Gasteiger partial charge is 0.323 e. The van der Waals surface area contributed by atoms with Crippen molar-refractivity contribution in [2.75, 3.05) is 19.0 Å². The van der Waals surface area contributed by atoms with E-state index in [-0.39, 0.29) is 12.7 Å². The maximum Gasteiger partial charge on any atom is 0.323 e. The molecule has 0 spiro atoms. The number of hydrogen-bond acceptors (Lipinski definition) is 10. The van der Waals surface area contributed by atoms with E-state index in [1.54, 1.807) is 34.7 Å². The minimum absolute atomic E-state index is 0.0132. The van der Waals surface area contributed by atoms with E-state index < -0.39 is 42.8 Å². The number of fused-ring (bicyclic) bond motifs is 2. The Morgan fingerprint density at radius 3 is 2.82 bits per heavy atom. The lowest BCUT2D eigenvalue weighted by Crippen LogP contribution is -2.47. The fraction of sp³-hybridized carbons (Fsp3) is 0.684. The summed E-state index contributed by atoms with van der Waals surface area (Å²) < 4.78 is 40.7. The van der Waals surface area contributed by atoms with E-state index in [1.807, 2.05) is 0 Å². The Bertz CT molecular complexity index is 1110. The van der Waals surface area contributed by atoms with Gasteiger partial charge in [-0.1, -0.05) is 0 Å². The van der Waals surface area contributed by atoms with Crippen LogP contribution in [0.4, 0.5) is 10.2 Å². The molecule has 2 N–H and O–H groups in total. The summed E-state index contributed by atoms with van der Waals surface area (Å²) in [5.74, 6) is 0.548. The molecule has 0 amide bonds. The molecule has 1 unspecified atom stereocenters. The number of carbonyl (C=O) groups is 1. The van der Waals surface area contributed by atoms with E-state index in [4.69, 9.17) is 30.3 Å². The first-order chi connectivity index (χ1) is 15.4. The van der Waals surface area contributed by atoms with Gasteiger partial charge in [-0.2, -0.15) is 0 Å². The molecule has 0 aliphatic carbocycles. The van der Waals surface area contributed by atoms with Gasteiger partial charge in [0.2, 0.25) is 0 Å². The molecule has 2 fully saturated rings. The van der Waals surface area contributed by atoms with Crippen molar-refractivity contribution in [1.82, 2.24) is 24.6 Å². The minimum atomic E-state index is -3.19. The molecule has 0 bridgehead atoms. The zero-order valence-corrected chi connectivity index (χ0v) is 20.9. The van der Waals surface area contributed by atoms with Gasteiger partial charge in [-0.25, -0.2) is 24.4 Å². The van der Waals surface area contributed by atoms with Crippen molar-refractivity contribution in [3.05, 3.63) is 12.2 Å². The number of aromatic nitrogens is 4. The number of imidazole rings is 1. The number of carbonyl (C=O) groups excluding carboxylic acids is 1. The number of ether oxygens (including phenoxy) is 2. The summed E-state index contributed by atoms with van der Waals surface area (Å²) in [6.07, 6.45) is -1.61. The van der Waals surface area contributed by atoms with Gasteiger partial charge in [-0.3, -0.25) is 9.36 Å². The summed E-state index contributed by atoms with van der Waals surface area (Å²) in [7, 11) is 1.73. The molecule has 2 saturated heterocycles. The Kier molecular flexibility index (Phi) is 6.49. The Labute approximate surface area is 196 Å². The number of esters is 1. The number of anilines is 1. The Balaban J connectivity index is 1.58. The van der Waals surface area contributed by atoms with Crippen molar-refractivity contribution in [2.45, 2.75) is 70.9 Å². The molecule has 0 saturated carbocycles. The highest BCUT2D eigenvalue weighted by atomic mass is 32.5. The van der Waals surface area contributed by atoms with Gasteiger partial charge in [0.1, 0.15) is 24.1 Å². The van der Waals surface area contributed by atoms with Crippen molar-refractivity contribution in [3.63, 3.8) is 0 Å². The third-order valence-corrected chi connectivity index (χ3v) is 8.01. The van der Waals surface area contributed by atoms with Crippen molar-refractivity contribution < 1.29 is 27.7 Å². The molecule has 182 valence electrons. The quantitative estimate of drug-likeness (QED) is 0.447. The first kappa shape index (κ1) is 24.4. The van der Waals surface area contributed by atoms with Gasteiger partial charge in [0.15, 0.2) is 28.9 Å². The van der Waals surface area contributed by atoms with E-state index >= 15 is 4.39 Å². The highest BCUT2D eigenvalue weighted by molar-refractivity contribution is 8.09. The lowest BCUT2D eigenvalue weighted by atomic mass is 9.98. The van der Waals surface area contributed by atoms with Gasteiger partial charge in [-0.05, 0) is 46.4 Å². The topological polar surface area (TPSA) is 122 Å². The van der Waals surface area contributed by atoms with Crippen LogP contribution in [0.25, 0.3) is 11.2 Å². The molecule has 14 heteroatoms. The summed E-state index contributed by atoms with van der Waals surface area (Å²) in [5.41, 5.74) is -1.06. The number of aryl methyl sites for hydroxylation is 1. The molecule has 2 aromatic rings. The van der Waals surface area contributed by atoms with Gasteiger partial charge < -0.3 is 23.8 Å². The van der Waals surface area contributed by atoms with E-state index in [0.717, 1.165) is 0 Å². The number of hydrogen-bond donors (Lipinski definition) is 2. The van der Waals surface area contributed by atoms with Crippen LogP contribution in [-0.4, -0.2) is 69.2 Å². The zero-order chi connectivity index (χ0) is 24.1. The Morgan fingerprint density at radius 1 is 1.42 bits per heavy atom. The molecule has 2 aliphatic heterocycles. The van der Waals surface area contributed by atoms with Crippen LogP contribution in [0.15, 0.2) is 6.33 Å².